The molecule has 4 N–H and O–H groups in total. The van der Waals surface area contributed by atoms with E-state index in [1.165, 1.54) is 22.3 Å². The van der Waals surface area contributed by atoms with Crippen LogP contribution in [0.5, 0.6) is 0 Å². The molecule has 31 heavy (non-hydrogen) atoms. The molecule has 1 heterocycles. The highest BCUT2D eigenvalue weighted by atomic mass is 16.7. The number of aliphatic hydroxyl groups excluding tert-OH is 4. The Bertz CT molecular complexity index is 810. The normalized spacial score (nSPS) is 27.8. The van der Waals surface area contributed by atoms with Crippen molar-refractivity contribution < 1.29 is 34.6 Å². The Morgan fingerprint density at radius 3 is 2.03 bits per heavy atom. The fourth-order valence-electron chi connectivity index (χ4n) is 4.35. The lowest BCUT2D eigenvalue weighted by Gasteiger charge is -2.39. The van der Waals surface area contributed by atoms with E-state index in [-0.39, 0.29) is 5.92 Å². The predicted octanol–water partition coefficient (Wildman–Crippen LogP) is 1.41. The van der Waals surface area contributed by atoms with Crippen molar-refractivity contribution in [1.82, 2.24) is 0 Å². The highest BCUT2D eigenvalue weighted by Gasteiger charge is 2.43. The van der Waals surface area contributed by atoms with Crippen molar-refractivity contribution >= 4 is 0 Å². The summed E-state index contributed by atoms with van der Waals surface area (Å²) in [5.74, 6) is 0.234. The molecule has 168 valence electrons. The number of aliphatic hydroxyl groups is 4. The molecule has 0 saturated carbocycles. The molecule has 1 aliphatic heterocycles. The van der Waals surface area contributed by atoms with Gasteiger partial charge in [-0.25, -0.2) is 0 Å². The van der Waals surface area contributed by atoms with Crippen LogP contribution in [0.15, 0.2) is 48.5 Å². The number of rotatable bonds is 9. The average molecular weight is 430 g/mol. The summed E-state index contributed by atoms with van der Waals surface area (Å²) in [5.41, 5.74) is 5.16. The maximum Gasteiger partial charge on any atom is 0.186 e. The molecule has 0 unspecified atom stereocenters. The highest BCUT2D eigenvalue weighted by molar-refractivity contribution is 5.78. The summed E-state index contributed by atoms with van der Waals surface area (Å²) in [5, 5.41) is 38.8. The average Bonchev–Trinajstić information content (AvgIpc) is 3.12. The van der Waals surface area contributed by atoms with E-state index in [2.05, 4.69) is 48.5 Å². The second-order valence-electron chi connectivity index (χ2n) is 8.08. The van der Waals surface area contributed by atoms with Gasteiger partial charge in [-0.1, -0.05) is 48.5 Å². The monoisotopic (exact) mass is 430 g/mol. The number of hydrogen-bond donors (Lipinski definition) is 4. The Labute approximate surface area is 181 Å². The Balaban J connectivity index is 1.20. The Hall–Kier alpha value is -1.84. The zero-order chi connectivity index (χ0) is 21.8. The highest BCUT2D eigenvalue weighted by Crippen LogP contribution is 2.44. The molecule has 1 aliphatic carbocycles. The Morgan fingerprint density at radius 2 is 1.39 bits per heavy atom. The van der Waals surface area contributed by atoms with Gasteiger partial charge in [-0.3, -0.25) is 0 Å². The van der Waals surface area contributed by atoms with Crippen molar-refractivity contribution in [2.45, 2.75) is 49.5 Å². The van der Waals surface area contributed by atoms with Crippen molar-refractivity contribution in [3.63, 3.8) is 0 Å². The minimum atomic E-state index is -1.42. The maximum absolute atomic E-state index is 9.98. The van der Waals surface area contributed by atoms with Crippen molar-refractivity contribution in [1.29, 1.82) is 0 Å². The topological polar surface area (TPSA) is 109 Å². The molecule has 5 atom stereocenters. The van der Waals surface area contributed by atoms with Crippen LogP contribution < -0.4 is 0 Å². The third kappa shape index (κ3) is 4.68. The van der Waals surface area contributed by atoms with Gasteiger partial charge >= 0.3 is 0 Å². The second kappa shape index (κ2) is 10.2. The minimum absolute atomic E-state index is 0.234. The molecule has 7 heteroatoms. The lowest BCUT2D eigenvalue weighted by Crippen LogP contribution is -2.59. The molecule has 2 aromatic rings. The van der Waals surface area contributed by atoms with Gasteiger partial charge in [0.05, 0.1) is 13.2 Å². The number of hydrogen-bond acceptors (Lipinski definition) is 7. The zero-order valence-electron chi connectivity index (χ0n) is 17.3. The van der Waals surface area contributed by atoms with Crippen LogP contribution in [0.25, 0.3) is 11.1 Å². The van der Waals surface area contributed by atoms with E-state index in [1.807, 2.05) is 0 Å². The summed E-state index contributed by atoms with van der Waals surface area (Å²) in [4.78, 5) is 0. The molecule has 2 aromatic carbocycles. The number of fused-ring (bicyclic) bond motifs is 3. The molecule has 0 spiro atoms. The number of ether oxygens (including phenoxy) is 3. The standard InChI is InChI=1S/C24H30O7/c25-13-20-21(26)22(27)23(28)24(31-20)30-12-6-5-11-29-14-19-17-9-3-1-7-15(17)16-8-2-4-10-18(16)19/h1-4,7-10,19-28H,5-6,11-14H2/t20-,21-,22+,23-,24-/m1/s1. The molecule has 7 nitrogen and oxygen atoms in total. The number of unbranched alkanes of at least 4 members (excludes halogenated alkanes) is 1. The van der Waals surface area contributed by atoms with Crippen molar-refractivity contribution in [2.75, 3.05) is 26.4 Å². The molecular formula is C24H30O7. The van der Waals surface area contributed by atoms with E-state index in [1.54, 1.807) is 0 Å². The summed E-state index contributed by atoms with van der Waals surface area (Å²) in [6, 6.07) is 16.9. The third-order valence-corrected chi connectivity index (χ3v) is 6.06. The van der Waals surface area contributed by atoms with Crippen molar-refractivity contribution in [2.24, 2.45) is 0 Å². The van der Waals surface area contributed by atoms with Crippen molar-refractivity contribution in [3.05, 3.63) is 59.7 Å². The lowest BCUT2D eigenvalue weighted by molar-refractivity contribution is -0.301. The summed E-state index contributed by atoms with van der Waals surface area (Å²) in [6.45, 7) is 1.04. The molecule has 1 fully saturated rings. The molecule has 1 saturated heterocycles. The molecule has 0 amide bonds. The van der Waals surface area contributed by atoms with Crippen LogP contribution in [0.2, 0.25) is 0 Å². The summed E-state index contributed by atoms with van der Waals surface area (Å²) in [7, 11) is 0. The van der Waals surface area contributed by atoms with Crippen molar-refractivity contribution in [3.8, 4) is 11.1 Å². The fourth-order valence-corrected chi connectivity index (χ4v) is 4.35. The van der Waals surface area contributed by atoms with Gasteiger partial charge in [-0.2, -0.15) is 0 Å². The second-order valence-corrected chi connectivity index (χ2v) is 8.08. The fraction of sp³-hybridized carbons (Fsp3) is 0.500. The Morgan fingerprint density at radius 1 is 0.774 bits per heavy atom. The van der Waals surface area contributed by atoms with Crippen LogP contribution >= 0.6 is 0 Å². The van der Waals surface area contributed by atoms with E-state index < -0.39 is 37.3 Å². The van der Waals surface area contributed by atoms with E-state index in [9.17, 15) is 20.4 Å². The minimum Gasteiger partial charge on any atom is -0.394 e. The number of benzene rings is 2. The van der Waals surface area contributed by atoms with Crippen LogP contribution in [0.1, 0.15) is 29.9 Å². The Kier molecular flexibility index (Phi) is 7.35. The largest absolute Gasteiger partial charge is 0.394 e. The molecule has 2 aliphatic rings. The van der Waals surface area contributed by atoms with Gasteiger partial charge in [0, 0.05) is 19.1 Å². The first kappa shape index (κ1) is 22.4. The first-order valence-electron chi connectivity index (χ1n) is 10.8. The molecule has 4 rings (SSSR count). The first-order valence-corrected chi connectivity index (χ1v) is 10.8. The van der Waals surface area contributed by atoms with Crippen LogP contribution in [0.3, 0.4) is 0 Å². The van der Waals surface area contributed by atoms with Crippen LogP contribution in [-0.4, -0.2) is 77.6 Å². The third-order valence-electron chi connectivity index (χ3n) is 6.06. The van der Waals surface area contributed by atoms with Gasteiger partial charge < -0.3 is 34.6 Å². The summed E-state index contributed by atoms with van der Waals surface area (Å²) >= 11 is 0. The summed E-state index contributed by atoms with van der Waals surface area (Å²) < 4.78 is 16.8. The van der Waals surface area contributed by atoms with Gasteiger partial charge in [0.2, 0.25) is 0 Å². The van der Waals surface area contributed by atoms with Gasteiger partial charge in [0.15, 0.2) is 6.29 Å². The van der Waals surface area contributed by atoms with E-state index in [4.69, 9.17) is 14.2 Å². The molecular weight excluding hydrogens is 400 g/mol. The lowest BCUT2D eigenvalue weighted by atomic mass is 9.98. The predicted molar refractivity (Wildman–Crippen MR) is 113 cm³/mol. The van der Waals surface area contributed by atoms with Crippen LogP contribution in [0.4, 0.5) is 0 Å². The zero-order valence-corrected chi connectivity index (χ0v) is 17.3. The van der Waals surface area contributed by atoms with E-state index in [0.29, 0.717) is 26.2 Å². The quantitative estimate of drug-likeness (QED) is 0.446. The van der Waals surface area contributed by atoms with Crippen LogP contribution in [-0.2, 0) is 14.2 Å². The SMILES string of the molecule is OC[C@H]1O[C@@H](OCCCCOCC2c3ccccc3-c3ccccc32)[C@H](O)[C@@H](O)[C@@H]1O. The maximum atomic E-state index is 9.98. The van der Waals surface area contributed by atoms with Gasteiger partial charge in [0.1, 0.15) is 24.4 Å². The van der Waals surface area contributed by atoms with Gasteiger partial charge in [-0.05, 0) is 35.1 Å². The first-order chi connectivity index (χ1) is 15.1. The smallest absolute Gasteiger partial charge is 0.186 e. The van der Waals surface area contributed by atoms with Gasteiger partial charge in [0.25, 0.3) is 0 Å². The molecule has 0 aromatic heterocycles. The van der Waals surface area contributed by atoms with E-state index in [0.717, 1.165) is 6.42 Å². The summed E-state index contributed by atoms with van der Waals surface area (Å²) in [6.07, 6.45) is -4.74. The molecule has 0 radical (unpaired) electrons. The van der Waals surface area contributed by atoms with Crippen LogP contribution in [0, 0.1) is 0 Å². The van der Waals surface area contributed by atoms with E-state index >= 15 is 0 Å². The molecule has 0 bridgehead atoms. The van der Waals surface area contributed by atoms with Gasteiger partial charge in [-0.15, -0.1) is 0 Å².